The summed E-state index contributed by atoms with van der Waals surface area (Å²) in [5, 5.41) is 4.00. The molecule has 2 aromatic carbocycles. The SMILES string of the molecule is CC(C)C(N)C(=O)N1CCc2nc(C3(c4ccccc4C(=O)Nc4ccccc4N)CC3)sc2C1. The van der Waals surface area contributed by atoms with Gasteiger partial charge in [-0.05, 0) is 42.5 Å². The van der Waals surface area contributed by atoms with Gasteiger partial charge in [-0.2, -0.15) is 0 Å². The van der Waals surface area contributed by atoms with E-state index in [1.165, 1.54) is 0 Å². The topological polar surface area (TPSA) is 114 Å². The van der Waals surface area contributed by atoms with Crippen molar-refractivity contribution in [2.75, 3.05) is 17.6 Å². The minimum Gasteiger partial charge on any atom is -0.397 e. The summed E-state index contributed by atoms with van der Waals surface area (Å²) in [4.78, 5) is 34.1. The fraction of sp³-hybridized carbons (Fsp3) is 0.370. The summed E-state index contributed by atoms with van der Waals surface area (Å²) in [7, 11) is 0. The van der Waals surface area contributed by atoms with E-state index < -0.39 is 6.04 Å². The molecule has 3 aromatic rings. The van der Waals surface area contributed by atoms with Crippen LogP contribution in [-0.4, -0.2) is 34.3 Å². The molecule has 1 aromatic heterocycles. The molecule has 182 valence electrons. The number of nitrogens with one attached hydrogen (secondary N) is 1. The number of nitrogens with two attached hydrogens (primary N) is 2. The largest absolute Gasteiger partial charge is 0.397 e. The van der Waals surface area contributed by atoms with E-state index in [9.17, 15) is 9.59 Å². The number of nitrogen functional groups attached to an aromatic ring is 1. The maximum absolute atomic E-state index is 13.3. The maximum Gasteiger partial charge on any atom is 0.256 e. The summed E-state index contributed by atoms with van der Waals surface area (Å²) in [6.45, 7) is 5.14. The smallest absolute Gasteiger partial charge is 0.256 e. The molecule has 1 aliphatic carbocycles. The van der Waals surface area contributed by atoms with Crippen LogP contribution in [0.25, 0.3) is 0 Å². The van der Waals surface area contributed by atoms with E-state index in [0.717, 1.165) is 40.4 Å². The van der Waals surface area contributed by atoms with Gasteiger partial charge in [-0.3, -0.25) is 9.59 Å². The van der Waals surface area contributed by atoms with E-state index in [2.05, 4.69) is 5.32 Å². The molecular formula is C27H31N5O2S. The van der Waals surface area contributed by atoms with Gasteiger partial charge in [-0.1, -0.05) is 44.2 Å². The Kier molecular flexibility index (Phi) is 6.11. The number of fused-ring (bicyclic) bond motifs is 1. The number of carbonyl (C=O) groups is 2. The summed E-state index contributed by atoms with van der Waals surface area (Å²) in [5.74, 6) is -0.0704. The molecule has 5 N–H and O–H groups in total. The van der Waals surface area contributed by atoms with Gasteiger partial charge in [-0.15, -0.1) is 11.3 Å². The van der Waals surface area contributed by atoms with E-state index in [0.29, 0.717) is 30.0 Å². The Labute approximate surface area is 209 Å². The quantitative estimate of drug-likeness (QED) is 0.454. The maximum atomic E-state index is 13.3. The van der Waals surface area contributed by atoms with Gasteiger partial charge in [0.15, 0.2) is 0 Å². The second kappa shape index (κ2) is 9.09. The molecule has 35 heavy (non-hydrogen) atoms. The Morgan fingerprint density at radius 1 is 1.11 bits per heavy atom. The van der Waals surface area contributed by atoms with Crippen LogP contribution in [-0.2, 0) is 23.2 Å². The van der Waals surface area contributed by atoms with Crippen LogP contribution in [0.2, 0.25) is 0 Å². The zero-order valence-corrected chi connectivity index (χ0v) is 20.9. The lowest BCUT2D eigenvalue weighted by Gasteiger charge is -2.29. The number of hydrogen-bond donors (Lipinski definition) is 3. The molecule has 2 aliphatic rings. The van der Waals surface area contributed by atoms with Crippen molar-refractivity contribution in [3.63, 3.8) is 0 Å². The first-order valence-electron chi connectivity index (χ1n) is 12.1. The summed E-state index contributed by atoms with van der Waals surface area (Å²) in [5.41, 5.74) is 15.7. The van der Waals surface area contributed by atoms with Crippen LogP contribution in [0.3, 0.4) is 0 Å². The normalized spacial score (nSPS) is 17.1. The third kappa shape index (κ3) is 4.32. The van der Waals surface area contributed by atoms with Gasteiger partial charge in [0.25, 0.3) is 5.91 Å². The third-order valence-corrected chi connectivity index (χ3v) is 8.39. The number of para-hydroxylation sites is 2. The molecule has 0 spiro atoms. The number of carbonyl (C=O) groups excluding carboxylic acids is 2. The highest BCUT2D eigenvalue weighted by Crippen LogP contribution is 2.56. The molecule has 0 saturated heterocycles. The Morgan fingerprint density at radius 2 is 1.83 bits per heavy atom. The Balaban J connectivity index is 1.41. The first-order valence-corrected chi connectivity index (χ1v) is 12.9. The number of anilines is 2. The summed E-state index contributed by atoms with van der Waals surface area (Å²) in [6, 6.07) is 14.5. The third-order valence-electron chi connectivity index (χ3n) is 7.10. The standard InChI is InChI=1S/C27H31N5O2S/c1-16(2)23(29)25(34)32-14-11-21-22(15-32)35-26(31-21)27(12-13-27)18-8-4-3-7-17(18)24(33)30-20-10-6-5-9-19(20)28/h3-10,16,23H,11-15,28-29H2,1-2H3,(H,30,33). The zero-order chi connectivity index (χ0) is 24.7. The van der Waals surface area contributed by atoms with E-state index in [4.69, 9.17) is 16.5 Å². The van der Waals surface area contributed by atoms with Crippen molar-refractivity contribution in [3.8, 4) is 0 Å². The van der Waals surface area contributed by atoms with Crippen LogP contribution in [0, 0.1) is 5.92 Å². The molecule has 8 heteroatoms. The second-order valence-corrected chi connectivity index (χ2v) is 10.9. The van der Waals surface area contributed by atoms with E-state index in [1.807, 2.05) is 55.1 Å². The monoisotopic (exact) mass is 489 g/mol. The second-order valence-electron chi connectivity index (χ2n) is 9.84. The summed E-state index contributed by atoms with van der Waals surface area (Å²) < 4.78 is 0. The molecule has 2 heterocycles. The van der Waals surface area contributed by atoms with Crippen molar-refractivity contribution in [2.45, 2.75) is 51.1 Å². The van der Waals surface area contributed by atoms with Gasteiger partial charge in [0, 0.05) is 28.8 Å². The van der Waals surface area contributed by atoms with Gasteiger partial charge in [0.1, 0.15) is 5.01 Å². The molecule has 0 radical (unpaired) electrons. The molecule has 1 unspecified atom stereocenters. The Morgan fingerprint density at radius 3 is 2.54 bits per heavy atom. The molecule has 2 amide bonds. The first kappa shape index (κ1) is 23.5. The number of hydrogen-bond acceptors (Lipinski definition) is 6. The van der Waals surface area contributed by atoms with Crippen LogP contribution in [0.1, 0.15) is 58.2 Å². The minimum atomic E-state index is -0.484. The van der Waals surface area contributed by atoms with Gasteiger partial charge in [-0.25, -0.2) is 4.98 Å². The predicted molar refractivity (Wildman–Crippen MR) is 139 cm³/mol. The number of aromatic nitrogens is 1. The lowest BCUT2D eigenvalue weighted by atomic mass is 9.91. The van der Waals surface area contributed by atoms with Crippen LogP contribution in [0.5, 0.6) is 0 Å². The Bertz CT molecular complexity index is 1280. The van der Waals surface area contributed by atoms with Crippen LogP contribution in [0.4, 0.5) is 11.4 Å². The van der Waals surface area contributed by atoms with Gasteiger partial charge in [0.2, 0.25) is 5.91 Å². The van der Waals surface area contributed by atoms with Crippen molar-refractivity contribution in [1.29, 1.82) is 0 Å². The van der Waals surface area contributed by atoms with Crippen molar-refractivity contribution < 1.29 is 9.59 Å². The van der Waals surface area contributed by atoms with E-state index in [1.54, 1.807) is 23.5 Å². The van der Waals surface area contributed by atoms with Gasteiger partial charge < -0.3 is 21.7 Å². The van der Waals surface area contributed by atoms with E-state index in [-0.39, 0.29) is 23.1 Å². The van der Waals surface area contributed by atoms with Gasteiger partial charge >= 0.3 is 0 Å². The molecule has 1 aliphatic heterocycles. The summed E-state index contributed by atoms with van der Waals surface area (Å²) in [6.07, 6.45) is 2.62. The Hall–Kier alpha value is -3.23. The highest BCUT2D eigenvalue weighted by molar-refractivity contribution is 7.12. The minimum absolute atomic E-state index is 0.00365. The molecule has 1 saturated carbocycles. The molecule has 1 atom stereocenters. The number of thiazole rings is 1. The fourth-order valence-electron chi connectivity index (χ4n) is 4.71. The average Bonchev–Trinajstić information content (AvgIpc) is 3.56. The van der Waals surface area contributed by atoms with Crippen LogP contribution in [0.15, 0.2) is 48.5 Å². The number of amides is 2. The summed E-state index contributed by atoms with van der Waals surface area (Å²) >= 11 is 1.67. The fourth-order valence-corrected chi connectivity index (χ4v) is 6.09. The van der Waals surface area contributed by atoms with Crippen molar-refractivity contribution in [1.82, 2.24) is 9.88 Å². The van der Waals surface area contributed by atoms with Gasteiger partial charge in [0.05, 0.1) is 29.7 Å². The molecular weight excluding hydrogens is 458 g/mol. The van der Waals surface area contributed by atoms with Crippen molar-refractivity contribution in [3.05, 3.63) is 75.2 Å². The van der Waals surface area contributed by atoms with E-state index >= 15 is 0 Å². The first-order chi connectivity index (χ1) is 16.8. The lowest BCUT2D eigenvalue weighted by molar-refractivity contribution is -0.134. The predicted octanol–water partition coefficient (Wildman–Crippen LogP) is 3.93. The van der Waals surface area contributed by atoms with Crippen molar-refractivity contribution >= 4 is 34.5 Å². The van der Waals surface area contributed by atoms with Crippen LogP contribution >= 0.6 is 11.3 Å². The molecule has 0 bridgehead atoms. The number of nitrogens with zero attached hydrogens (tertiary/aromatic N) is 2. The van der Waals surface area contributed by atoms with Crippen LogP contribution < -0.4 is 16.8 Å². The lowest BCUT2D eigenvalue weighted by Crippen LogP contribution is -2.47. The molecule has 1 fully saturated rings. The highest BCUT2D eigenvalue weighted by atomic mass is 32.1. The number of benzene rings is 2. The molecule has 7 nitrogen and oxygen atoms in total. The zero-order valence-electron chi connectivity index (χ0n) is 20.1. The number of rotatable bonds is 6. The average molecular weight is 490 g/mol. The molecule has 5 rings (SSSR count). The van der Waals surface area contributed by atoms with Crippen molar-refractivity contribution in [2.24, 2.45) is 11.7 Å². The highest BCUT2D eigenvalue weighted by Gasteiger charge is 2.50.